The zero-order chi connectivity index (χ0) is 13.0. The fourth-order valence-electron chi connectivity index (χ4n) is 1.67. The molecule has 0 spiro atoms. The first-order valence-electron chi connectivity index (χ1n) is 5.60. The van der Waals surface area contributed by atoms with Crippen LogP contribution in [0.25, 0.3) is 17.0 Å². The van der Waals surface area contributed by atoms with Crippen LogP contribution in [0.3, 0.4) is 0 Å². The number of nitriles is 1. The third kappa shape index (κ3) is 2.41. The van der Waals surface area contributed by atoms with Crippen molar-refractivity contribution in [3.8, 4) is 6.07 Å². The summed E-state index contributed by atoms with van der Waals surface area (Å²) in [4.78, 5) is 14.5. The second-order valence-electron chi connectivity index (χ2n) is 3.71. The molecule has 0 amide bonds. The number of aromatic amines is 1. The molecule has 0 saturated heterocycles. The van der Waals surface area contributed by atoms with Crippen molar-refractivity contribution in [2.45, 2.75) is 6.92 Å². The quantitative estimate of drug-likeness (QED) is 0.509. The Balaban J connectivity index is 2.35. The van der Waals surface area contributed by atoms with Gasteiger partial charge in [-0.1, -0.05) is 12.1 Å². The van der Waals surface area contributed by atoms with Gasteiger partial charge in [0, 0.05) is 11.7 Å². The Labute approximate surface area is 104 Å². The van der Waals surface area contributed by atoms with Gasteiger partial charge in [0.25, 0.3) is 0 Å². The van der Waals surface area contributed by atoms with Gasteiger partial charge in [-0.25, -0.2) is 4.79 Å². The van der Waals surface area contributed by atoms with Crippen LogP contribution in [0, 0.1) is 11.3 Å². The first-order valence-corrected chi connectivity index (χ1v) is 5.60. The fraction of sp³-hybridized carbons (Fsp3) is 0.143. The predicted octanol–water partition coefficient (Wildman–Crippen LogP) is 2.64. The zero-order valence-electron chi connectivity index (χ0n) is 9.93. The number of nitrogens with one attached hydrogen (secondary N) is 1. The predicted molar refractivity (Wildman–Crippen MR) is 68.5 cm³/mol. The van der Waals surface area contributed by atoms with Crippen LogP contribution in [0.2, 0.25) is 0 Å². The van der Waals surface area contributed by atoms with Crippen LogP contribution in [-0.2, 0) is 9.53 Å². The van der Waals surface area contributed by atoms with Gasteiger partial charge >= 0.3 is 5.97 Å². The molecule has 1 aromatic carbocycles. The van der Waals surface area contributed by atoms with Gasteiger partial charge in [-0.05, 0) is 36.1 Å². The lowest BCUT2D eigenvalue weighted by Gasteiger charge is -2.00. The summed E-state index contributed by atoms with van der Waals surface area (Å²) in [6.07, 6.45) is 3.37. The number of H-pyrrole nitrogens is 1. The Kier molecular flexibility index (Phi) is 3.44. The highest BCUT2D eigenvalue weighted by Gasteiger charge is 2.09. The van der Waals surface area contributed by atoms with Gasteiger partial charge in [-0.3, -0.25) is 0 Å². The molecule has 0 atom stereocenters. The van der Waals surface area contributed by atoms with Crippen LogP contribution in [0.15, 0.2) is 36.0 Å². The monoisotopic (exact) mass is 240 g/mol. The number of benzene rings is 1. The van der Waals surface area contributed by atoms with Crippen molar-refractivity contribution < 1.29 is 9.53 Å². The summed E-state index contributed by atoms with van der Waals surface area (Å²) < 4.78 is 4.80. The molecular formula is C14H12N2O2. The molecule has 2 rings (SSSR count). The van der Waals surface area contributed by atoms with Crippen molar-refractivity contribution in [2.24, 2.45) is 0 Å². The summed E-state index contributed by atoms with van der Waals surface area (Å²) in [5, 5.41) is 10.0. The normalized spacial score (nSPS) is 11.2. The smallest absolute Gasteiger partial charge is 0.348 e. The van der Waals surface area contributed by atoms with E-state index in [2.05, 4.69) is 4.98 Å². The lowest BCUT2D eigenvalue weighted by molar-refractivity contribution is -0.137. The van der Waals surface area contributed by atoms with Gasteiger partial charge in [0.15, 0.2) is 0 Å². The Bertz CT molecular complexity index is 647. The summed E-state index contributed by atoms with van der Waals surface area (Å²) in [5.74, 6) is -0.591. The topological polar surface area (TPSA) is 65.9 Å². The molecule has 0 aliphatic rings. The molecule has 0 bridgehead atoms. The van der Waals surface area contributed by atoms with Crippen molar-refractivity contribution in [3.63, 3.8) is 0 Å². The Morgan fingerprint density at radius 3 is 3.06 bits per heavy atom. The van der Waals surface area contributed by atoms with E-state index < -0.39 is 5.97 Å². The minimum Gasteiger partial charge on any atom is -0.462 e. The number of rotatable bonds is 3. The lowest BCUT2D eigenvalue weighted by atomic mass is 10.1. The first-order chi connectivity index (χ1) is 8.74. The largest absolute Gasteiger partial charge is 0.462 e. The van der Waals surface area contributed by atoms with Gasteiger partial charge < -0.3 is 9.72 Å². The van der Waals surface area contributed by atoms with E-state index in [-0.39, 0.29) is 12.2 Å². The van der Waals surface area contributed by atoms with E-state index in [0.717, 1.165) is 16.5 Å². The molecular weight excluding hydrogens is 228 g/mol. The van der Waals surface area contributed by atoms with Crippen LogP contribution in [-0.4, -0.2) is 17.6 Å². The molecule has 90 valence electrons. The summed E-state index contributed by atoms with van der Waals surface area (Å²) in [6, 6.07) is 9.47. The number of aromatic nitrogens is 1. The van der Waals surface area contributed by atoms with Gasteiger partial charge in [0.2, 0.25) is 0 Å². The van der Waals surface area contributed by atoms with Crippen LogP contribution < -0.4 is 0 Å². The molecule has 1 aromatic heterocycles. The van der Waals surface area contributed by atoms with Crippen LogP contribution in [0.1, 0.15) is 12.5 Å². The molecule has 18 heavy (non-hydrogen) atoms. The fourth-order valence-corrected chi connectivity index (χ4v) is 1.67. The first kappa shape index (κ1) is 11.9. The molecule has 4 heteroatoms. The average molecular weight is 240 g/mol. The van der Waals surface area contributed by atoms with E-state index in [0.29, 0.717) is 0 Å². The summed E-state index contributed by atoms with van der Waals surface area (Å²) in [7, 11) is 0. The SMILES string of the molecule is CCOC(=O)C(C#N)=Cc1ccc2cc[nH]c2c1. The zero-order valence-corrected chi connectivity index (χ0v) is 9.93. The van der Waals surface area contributed by atoms with Crippen LogP contribution in [0.4, 0.5) is 0 Å². The van der Waals surface area contributed by atoms with E-state index in [4.69, 9.17) is 10.00 Å². The Morgan fingerprint density at radius 1 is 1.50 bits per heavy atom. The minimum atomic E-state index is -0.591. The Hall–Kier alpha value is -2.54. The third-order valence-corrected chi connectivity index (χ3v) is 2.51. The molecule has 0 fully saturated rings. The number of esters is 1. The number of hydrogen-bond acceptors (Lipinski definition) is 3. The summed E-state index contributed by atoms with van der Waals surface area (Å²) in [5.41, 5.74) is 1.75. The second kappa shape index (κ2) is 5.19. The number of ether oxygens (including phenoxy) is 1. The van der Waals surface area contributed by atoms with Gasteiger partial charge in [-0.2, -0.15) is 5.26 Å². The highest BCUT2D eigenvalue weighted by molar-refractivity contribution is 5.98. The summed E-state index contributed by atoms with van der Waals surface area (Å²) >= 11 is 0. The van der Waals surface area contributed by atoms with E-state index in [1.807, 2.05) is 36.5 Å². The van der Waals surface area contributed by atoms with E-state index in [1.165, 1.54) is 6.08 Å². The maximum atomic E-state index is 11.5. The Morgan fingerprint density at radius 2 is 2.33 bits per heavy atom. The highest BCUT2D eigenvalue weighted by atomic mass is 16.5. The lowest BCUT2D eigenvalue weighted by Crippen LogP contribution is -2.05. The van der Waals surface area contributed by atoms with Gasteiger partial charge in [0.05, 0.1) is 6.61 Å². The third-order valence-electron chi connectivity index (χ3n) is 2.51. The number of nitrogens with zero attached hydrogens (tertiary/aromatic N) is 1. The molecule has 0 unspecified atom stereocenters. The molecule has 1 N–H and O–H groups in total. The average Bonchev–Trinajstić information content (AvgIpc) is 2.83. The second-order valence-corrected chi connectivity index (χ2v) is 3.71. The molecule has 0 radical (unpaired) electrons. The molecule has 2 aromatic rings. The van der Waals surface area contributed by atoms with E-state index in [9.17, 15) is 4.79 Å². The van der Waals surface area contributed by atoms with Crippen molar-refractivity contribution in [1.82, 2.24) is 4.98 Å². The maximum Gasteiger partial charge on any atom is 0.348 e. The molecule has 0 saturated carbocycles. The molecule has 0 aliphatic carbocycles. The number of hydrogen-bond donors (Lipinski definition) is 1. The highest BCUT2D eigenvalue weighted by Crippen LogP contribution is 2.16. The number of fused-ring (bicyclic) bond motifs is 1. The van der Waals surface area contributed by atoms with E-state index >= 15 is 0 Å². The van der Waals surface area contributed by atoms with Crippen LogP contribution in [0.5, 0.6) is 0 Å². The molecule has 0 aliphatic heterocycles. The standard InChI is InChI=1S/C14H12N2O2/c1-2-18-14(17)12(9-15)7-10-3-4-11-5-6-16-13(11)8-10/h3-8,16H,2H2,1H3. The number of carbonyl (C=O) groups is 1. The van der Waals surface area contributed by atoms with Gasteiger partial charge in [0.1, 0.15) is 11.6 Å². The van der Waals surface area contributed by atoms with Crippen molar-refractivity contribution >= 4 is 22.9 Å². The number of carbonyl (C=O) groups excluding carboxylic acids is 1. The van der Waals surface area contributed by atoms with Crippen molar-refractivity contribution in [3.05, 3.63) is 41.6 Å². The minimum absolute atomic E-state index is 0.00255. The molecule has 1 heterocycles. The van der Waals surface area contributed by atoms with Crippen molar-refractivity contribution in [1.29, 1.82) is 5.26 Å². The van der Waals surface area contributed by atoms with Crippen LogP contribution >= 0.6 is 0 Å². The molecule has 4 nitrogen and oxygen atoms in total. The maximum absolute atomic E-state index is 11.5. The summed E-state index contributed by atoms with van der Waals surface area (Å²) in [6.45, 7) is 1.96. The van der Waals surface area contributed by atoms with Gasteiger partial charge in [-0.15, -0.1) is 0 Å². The van der Waals surface area contributed by atoms with E-state index in [1.54, 1.807) is 6.92 Å². The van der Waals surface area contributed by atoms with Crippen molar-refractivity contribution in [2.75, 3.05) is 6.61 Å².